The Morgan fingerprint density at radius 2 is 2.07 bits per heavy atom. The largest absolute Gasteiger partial charge is 0.496 e. The summed E-state index contributed by atoms with van der Waals surface area (Å²) in [7, 11) is -0.0863. The number of nitrogens with zero attached hydrogens (tertiary/aromatic N) is 2. The molecule has 0 saturated carbocycles. The molecule has 1 amide bonds. The first-order chi connectivity index (χ1) is 13.5. The highest BCUT2D eigenvalue weighted by Crippen LogP contribution is 2.31. The molecule has 8 nitrogen and oxygen atoms in total. The van der Waals surface area contributed by atoms with Crippen molar-refractivity contribution in [2.24, 2.45) is 5.73 Å². The standard InChI is InChI=1S/C19H16N4O4S/c1-10-8-13-15(9-12(10)18(20)24)27-22-19(13)23-28(25)16-6-5-14(26-2)11-4-3-7-21-17(11)16/h3-9H,1-2H3,(H2,20,24)(H,22,23). The number of nitrogens with two attached hydrogens (primary N) is 1. The monoisotopic (exact) mass is 396 g/mol. The van der Waals surface area contributed by atoms with Crippen molar-refractivity contribution < 1.29 is 18.3 Å². The Hall–Kier alpha value is -3.46. The van der Waals surface area contributed by atoms with Gasteiger partial charge in [0.15, 0.2) is 22.4 Å². The molecule has 0 radical (unpaired) electrons. The van der Waals surface area contributed by atoms with Gasteiger partial charge in [0.25, 0.3) is 0 Å². The zero-order valence-corrected chi connectivity index (χ0v) is 15.9. The van der Waals surface area contributed by atoms with Gasteiger partial charge in [-0.15, -0.1) is 0 Å². The lowest BCUT2D eigenvalue weighted by molar-refractivity contribution is 0.0999. The van der Waals surface area contributed by atoms with Gasteiger partial charge < -0.3 is 15.0 Å². The summed E-state index contributed by atoms with van der Waals surface area (Å²) < 4.78 is 26.5. The maximum Gasteiger partial charge on any atom is 0.249 e. The van der Waals surface area contributed by atoms with Crippen molar-refractivity contribution in [1.29, 1.82) is 0 Å². The summed E-state index contributed by atoms with van der Waals surface area (Å²) in [6.07, 6.45) is 1.63. The van der Waals surface area contributed by atoms with Gasteiger partial charge in [0.2, 0.25) is 5.91 Å². The molecule has 0 saturated heterocycles. The first kappa shape index (κ1) is 17.9. The average Bonchev–Trinajstić information content (AvgIpc) is 3.07. The van der Waals surface area contributed by atoms with Crippen LogP contribution in [0.15, 0.2) is 52.0 Å². The van der Waals surface area contributed by atoms with E-state index in [1.54, 1.807) is 44.5 Å². The molecule has 28 heavy (non-hydrogen) atoms. The second-order valence-corrected chi connectivity index (χ2v) is 7.28. The van der Waals surface area contributed by atoms with E-state index in [1.165, 1.54) is 6.07 Å². The van der Waals surface area contributed by atoms with Crippen LogP contribution < -0.4 is 15.2 Å². The number of aryl methyl sites for hydroxylation is 1. The van der Waals surface area contributed by atoms with Crippen LogP contribution in [-0.2, 0) is 11.0 Å². The van der Waals surface area contributed by atoms with Crippen LogP contribution in [0.3, 0.4) is 0 Å². The van der Waals surface area contributed by atoms with Crippen molar-refractivity contribution in [2.75, 3.05) is 11.8 Å². The first-order valence-electron chi connectivity index (χ1n) is 8.29. The molecule has 0 aliphatic rings. The molecule has 4 rings (SSSR count). The molecular weight excluding hydrogens is 380 g/mol. The molecule has 2 heterocycles. The highest BCUT2D eigenvalue weighted by molar-refractivity contribution is 7.86. The third kappa shape index (κ3) is 2.95. The number of pyridine rings is 1. The third-order valence-corrected chi connectivity index (χ3v) is 5.49. The molecule has 3 N–H and O–H groups in total. The van der Waals surface area contributed by atoms with Crippen LogP contribution in [0.5, 0.6) is 5.75 Å². The van der Waals surface area contributed by atoms with E-state index in [0.29, 0.717) is 44.1 Å². The molecule has 142 valence electrons. The van der Waals surface area contributed by atoms with Crippen molar-refractivity contribution >= 4 is 44.6 Å². The number of aromatic nitrogens is 2. The second-order valence-electron chi connectivity index (χ2n) is 6.10. The third-order valence-electron chi connectivity index (χ3n) is 4.38. The van der Waals surface area contributed by atoms with E-state index in [0.717, 1.165) is 5.39 Å². The van der Waals surface area contributed by atoms with Gasteiger partial charge in [-0.3, -0.25) is 14.5 Å². The molecule has 2 aromatic heterocycles. The van der Waals surface area contributed by atoms with Crippen LogP contribution in [0.2, 0.25) is 0 Å². The number of methoxy groups -OCH3 is 1. The SMILES string of the molecule is COc1ccc(S(=O)Nc2noc3cc(C(N)=O)c(C)cc23)c2ncccc12. The molecule has 9 heteroatoms. The maximum absolute atomic E-state index is 13.0. The van der Waals surface area contributed by atoms with Crippen LogP contribution in [-0.4, -0.2) is 27.4 Å². The van der Waals surface area contributed by atoms with E-state index in [-0.39, 0.29) is 0 Å². The minimum absolute atomic E-state index is 0.298. The summed E-state index contributed by atoms with van der Waals surface area (Å²) in [5, 5.41) is 5.29. The maximum atomic E-state index is 13.0. The lowest BCUT2D eigenvalue weighted by Crippen LogP contribution is -2.12. The number of primary amides is 1. The van der Waals surface area contributed by atoms with E-state index in [4.69, 9.17) is 15.0 Å². The van der Waals surface area contributed by atoms with Crippen molar-refractivity contribution in [3.63, 3.8) is 0 Å². The van der Waals surface area contributed by atoms with Gasteiger partial charge in [0.05, 0.1) is 22.9 Å². The van der Waals surface area contributed by atoms with Gasteiger partial charge in [-0.25, -0.2) is 4.21 Å². The van der Waals surface area contributed by atoms with Crippen molar-refractivity contribution in [3.05, 3.63) is 53.7 Å². The summed E-state index contributed by atoms with van der Waals surface area (Å²) in [5.74, 6) is 0.391. The molecule has 0 fully saturated rings. The Morgan fingerprint density at radius 1 is 1.25 bits per heavy atom. The smallest absolute Gasteiger partial charge is 0.249 e. The minimum Gasteiger partial charge on any atom is -0.496 e. The molecule has 0 aliphatic carbocycles. The van der Waals surface area contributed by atoms with Gasteiger partial charge in [-0.2, -0.15) is 0 Å². The van der Waals surface area contributed by atoms with Crippen LogP contribution in [0, 0.1) is 6.92 Å². The minimum atomic E-state index is -1.66. The van der Waals surface area contributed by atoms with Crippen LogP contribution in [0.1, 0.15) is 15.9 Å². The van der Waals surface area contributed by atoms with Gasteiger partial charge in [0, 0.05) is 17.1 Å². The second kappa shape index (κ2) is 6.93. The Morgan fingerprint density at radius 3 is 2.82 bits per heavy atom. The van der Waals surface area contributed by atoms with E-state index in [1.807, 2.05) is 6.07 Å². The Kier molecular flexibility index (Phi) is 4.44. The quantitative estimate of drug-likeness (QED) is 0.535. The number of hydrogen-bond acceptors (Lipinski definition) is 6. The molecule has 0 bridgehead atoms. The zero-order chi connectivity index (χ0) is 19.8. The number of amides is 1. The molecule has 2 aromatic carbocycles. The van der Waals surface area contributed by atoms with E-state index in [9.17, 15) is 9.00 Å². The normalized spacial score (nSPS) is 12.2. The Bertz CT molecular complexity index is 1250. The molecule has 4 aromatic rings. The molecule has 1 unspecified atom stereocenters. The predicted octanol–water partition coefficient (Wildman–Crippen LogP) is 2.93. The number of benzene rings is 2. The lowest BCUT2D eigenvalue weighted by Gasteiger charge is -2.09. The Labute approximate surface area is 162 Å². The number of ether oxygens (including phenoxy) is 1. The summed E-state index contributed by atoms with van der Waals surface area (Å²) in [6, 6.07) is 10.3. The van der Waals surface area contributed by atoms with Gasteiger partial charge in [-0.1, -0.05) is 5.16 Å². The van der Waals surface area contributed by atoms with Crippen molar-refractivity contribution in [1.82, 2.24) is 10.1 Å². The number of hydrogen-bond donors (Lipinski definition) is 2. The molecule has 0 aliphatic heterocycles. The Balaban J connectivity index is 1.74. The summed E-state index contributed by atoms with van der Waals surface area (Å²) in [5.41, 5.74) is 7.32. The van der Waals surface area contributed by atoms with Gasteiger partial charge in [-0.05, 0) is 48.9 Å². The number of anilines is 1. The number of rotatable bonds is 5. The van der Waals surface area contributed by atoms with Crippen LogP contribution in [0.25, 0.3) is 21.9 Å². The number of carbonyl (C=O) groups excluding carboxylic acids is 1. The lowest BCUT2D eigenvalue weighted by atomic mass is 10.1. The predicted molar refractivity (Wildman–Crippen MR) is 106 cm³/mol. The topological polar surface area (TPSA) is 120 Å². The van der Waals surface area contributed by atoms with Crippen molar-refractivity contribution in [3.8, 4) is 5.75 Å². The summed E-state index contributed by atoms with van der Waals surface area (Å²) in [6.45, 7) is 1.76. The molecular formula is C19H16N4O4S. The van der Waals surface area contributed by atoms with E-state index < -0.39 is 16.9 Å². The fraction of sp³-hybridized carbons (Fsp3) is 0.105. The molecule has 1 atom stereocenters. The van der Waals surface area contributed by atoms with Crippen molar-refractivity contribution in [2.45, 2.75) is 11.8 Å². The number of fused-ring (bicyclic) bond motifs is 2. The van der Waals surface area contributed by atoms with E-state index >= 15 is 0 Å². The fourth-order valence-electron chi connectivity index (χ4n) is 3.02. The van der Waals surface area contributed by atoms with E-state index in [2.05, 4.69) is 14.9 Å². The average molecular weight is 396 g/mol. The fourth-order valence-corrected chi connectivity index (χ4v) is 3.99. The molecule has 0 spiro atoms. The van der Waals surface area contributed by atoms with Gasteiger partial charge >= 0.3 is 0 Å². The van der Waals surface area contributed by atoms with Crippen LogP contribution in [0.4, 0.5) is 5.82 Å². The highest BCUT2D eigenvalue weighted by atomic mass is 32.2. The van der Waals surface area contributed by atoms with Gasteiger partial charge in [0.1, 0.15) is 5.75 Å². The first-order valence-corrected chi connectivity index (χ1v) is 9.44. The number of carbonyl (C=O) groups is 1. The summed E-state index contributed by atoms with van der Waals surface area (Å²) in [4.78, 5) is 16.3. The highest BCUT2D eigenvalue weighted by Gasteiger charge is 2.18. The summed E-state index contributed by atoms with van der Waals surface area (Å²) >= 11 is 0. The number of nitrogens with one attached hydrogen (secondary N) is 1. The van der Waals surface area contributed by atoms with Crippen LogP contribution >= 0.6 is 0 Å². The zero-order valence-electron chi connectivity index (χ0n) is 15.1.